The minimum Gasteiger partial charge on any atom is -0.371 e. The maximum Gasteiger partial charge on any atom is 0.265 e. The zero-order valence-corrected chi connectivity index (χ0v) is 16.9. The predicted molar refractivity (Wildman–Crippen MR) is 115 cm³/mol. The normalized spacial score (nSPS) is 22.1. The van der Waals surface area contributed by atoms with Gasteiger partial charge in [-0.25, -0.2) is 10.1 Å². The second-order valence-corrected chi connectivity index (χ2v) is 9.05. The molecule has 1 aliphatic carbocycles. The molecule has 142 valence electrons. The van der Waals surface area contributed by atoms with Crippen LogP contribution in [-0.4, -0.2) is 13.1 Å². The number of allylic oxidation sites excluding steroid dienone is 5. The molecular weight excluding hydrogens is 342 g/mol. The molecule has 0 saturated carbocycles. The Morgan fingerprint density at radius 1 is 1.14 bits per heavy atom. The van der Waals surface area contributed by atoms with Crippen molar-refractivity contribution in [1.29, 1.82) is 5.26 Å². The van der Waals surface area contributed by atoms with Crippen LogP contribution in [0.4, 0.5) is 5.69 Å². The molecule has 28 heavy (non-hydrogen) atoms. The summed E-state index contributed by atoms with van der Waals surface area (Å²) in [6.07, 6.45) is 13.1. The van der Waals surface area contributed by atoms with E-state index in [0.717, 1.165) is 18.4 Å². The lowest BCUT2D eigenvalue weighted by atomic mass is 9.74. The second kappa shape index (κ2) is 7.33. The summed E-state index contributed by atoms with van der Waals surface area (Å²) in [5, 5.41) is 9.27. The fourth-order valence-corrected chi connectivity index (χ4v) is 5.01. The Labute approximate surface area is 168 Å². The van der Waals surface area contributed by atoms with Crippen molar-refractivity contribution in [2.24, 2.45) is 5.41 Å². The largest absolute Gasteiger partial charge is 0.371 e. The van der Waals surface area contributed by atoms with E-state index >= 15 is 0 Å². The van der Waals surface area contributed by atoms with E-state index in [2.05, 4.69) is 60.0 Å². The summed E-state index contributed by atoms with van der Waals surface area (Å²) in [6, 6.07) is 6.78. The van der Waals surface area contributed by atoms with Gasteiger partial charge in [-0.2, -0.15) is 0 Å². The first-order chi connectivity index (χ1) is 13.5. The van der Waals surface area contributed by atoms with Gasteiger partial charge in [-0.1, -0.05) is 32.1 Å². The van der Waals surface area contributed by atoms with Gasteiger partial charge in [0.2, 0.25) is 0 Å². The molecule has 4 rings (SSSR count). The van der Waals surface area contributed by atoms with Crippen LogP contribution in [0.25, 0.3) is 10.9 Å². The van der Waals surface area contributed by atoms with Crippen LogP contribution in [0.1, 0.15) is 56.2 Å². The molecule has 0 unspecified atom stereocenters. The topological polar surface area (TPSA) is 31.4 Å². The first-order valence-corrected chi connectivity index (χ1v) is 10.3. The number of rotatable bonds is 2. The first kappa shape index (κ1) is 18.6. The zero-order valence-electron chi connectivity index (χ0n) is 16.9. The molecule has 3 nitrogen and oxygen atoms in total. The van der Waals surface area contributed by atoms with Gasteiger partial charge in [0.15, 0.2) is 0 Å². The van der Waals surface area contributed by atoms with Gasteiger partial charge in [-0.3, -0.25) is 0 Å². The standard InChI is InChI=1S/C25H27N3/c1-25(2)15-19(14-22(16-25)23(17-26)27-3)9-8-18-12-20-6-4-10-28-11-5-7-21(13-18)24(20)28/h8-9,12-14H,4-7,10-11,15-16H2,1-2H3/b9-8+,23-22+. The number of nitrogens with zero attached hydrogens (tertiary/aromatic N) is 3. The summed E-state index contributed by atoms with van der Waals surface area (Å²) in [4.78, 5) is 6.00. The summed E-state index contributed by atoms with van der Waals surface area (Å²) in [5.74, 6) is 0. The zero-order chi connectivity index (χ0) is 19.7. The summed E-state index contributed by atoms with van der Waals surface area (Å²) in [5.41, 5.74) is 8.17. The molecule has 1 aromatic carbocycles. The lowest BCUT2D eigenvalue weighted by molar-refractivity contribution is 0.354. The lowest BCUT2D eigenvalue weighted by Crippen LogP contribution is -2.34. The average molecular weight is 370 g/mol. The van der Waals surface area contributed by atoms with Crippen molar-refractivity contribution in [2.45, 2.75) is 52.4 Å². The predicted octanol–water partition coefficient (Wildman–Crippen LogP) is 5.84. The molecule has 0 fully saturated rings. The first-order valence-electron chi connectivity index (χ1n) is 10.3. The van der Waals surface area contributed by atoms with E-state index in [0.29, 0.717) is 0 Å². The van der Waals surface area contributed by atoms with E-state index in [1.54, 1.807) is 0 Å². The molecule has 0 N–H and O–H groups in total. The van der Waals surface area contributed by atoms with E-state index in [1.807, 2.05) is 0 Å². The summed E-state index contributed by atoms with van der Waals surface area (Å²) >= 11 is 0. The Morgan fingerprint density at radius 3 is 2.43 bits per heavy atom. The summed E-state index contributed by atoms with van der Waals surface area (Å²) in [6.45, 7) is 14.1. The van der Waals surface area contributed by atoms with Gasteiger partial charge < -0.3 is 4.90 Å². The van der Waals surface area contributed by atoms with Crippen LogP contribution in [0.2, 0.25) is 0 Å². The highest BCUT2D eigenvalue weighted by atomic mass is 15.1. The monoisotopic (exact) mass is 369 g/mol. The Hall–Kier alpha value is -2.78. The second-order valence-electron chi connectivity index (χ2n) is 9.05. The molecule has 0 saturated heterocycles. The van der Waals surface area contributed by atoms with E-state index in [4.69, 9.17) is 6.57 Å². The number of hydrogen-bond acceptors (Lipinski definition) is 2. The molecule has 0 atom stereocenters. The maximum absolute atomic E-state index is 9.27. The van der Waals surface area contributed by atoms with Crippen LogP contribution < -0.4 is 4.90 Å². The number of aryl methyl sites for hydroxylation is 2. The van der Waals surface area contributed by atoms with Crippen LogP contribution >= 0.6 is 0 Å². The van der Waals surface area contributed by atoms with Gasteiger partial charge in [-0.15, -0.1) is 0 Å². The molecule has 0 bridgehead atoms. The minimum atomic E-state index is 0.0683. The van der Waals surface area contributed by atoms with Crippen LogP contribution in [0.3, 0.4) is 0 Å². The number of nitriles is 1. The Kier molecular flexibility index (Phi) is 4.86. The number of benzene rings is 1. The van der Waals surface area contributed by atoms with Gasteiger partial charge in [0.05, 0.1) is 12.6 Å². The third-order valence-electron chi connectivity index (χ3n) is 6.08. The van der Waals surface area contributed by atoms with Crippen molar-refractivity contribution in [3.05, 3.63) is 69.2 Å². The molecule has 0 spiro atoms. The molecule has 0 radical (unpaired) electrons. The van der Waals surface area contributed by atoms with Crippen molar-refractivity contribution in [1.82, 2.24) is 0 Å². The highest BCUT2D eigenvalue weighted by Crippen LogP contribution is 2.40. The minimum absolute atomic E-state index is 0.0683. The highest BCUT2D eigenvalue weighted by molar-refractivity contribution is 5.68. The van der Waals surface area contributed by atoms with Crippen molar-refractivity contribution >= 4 is 11.8 Å². The SMILES string of the molecule is [C-]#[N+]/C(C#N)=C1C=C(/C=C/c2cc3c4c(c2)CCCN4CCC3)CC(C)(C)C\1. The van der Waals surface area contributed by atoms with Gasteiger partial charge in [0.1, 0.15) is 0 Å². The Balaban J connectivity index is 1.67. The summed E-state index contributed by atoms with van der Waals surface area (Å²) < 4.78 is 0. The van der Waals surface area contributed by atoms with Crippen molar-refractivity contribution in [3.8, 4) is 6.07 Å². The van der Waals surface area contributed by atoms with Crippen LogP contribution in [0.15, 0.2) is 41.1 Å². The van der Waals surface area contributed by atoms with Gasteiger partial charge in [0.25, 0.3) is 5.70 Å². The fraction of sp³-hybridized carbons (Fsp3) is 0.440. The van der Waals surface area contributed by atoms with Crippen molar-refractivity contribution < 1.29 is 0 Å². The average Bonchev–Trinajstić information content (AvgIpc) is 2.67. The molecule has 0 aromatic heterocycles. The molecular formula is C25H27N3. The molecule has 1 aromatic rings. The van der Waals surface area contributed by atoms with E-state index in [9.17, 15) is 5.26 Å². The highest BCUT2D eigenvalue weighted by Gasteiger charge is 2.27. The van der Waals surface area contributed by atoms with E-state index in [1.165, 1.54) is 66.7 Å². The van der Waals surface area contributed by atoms with Crippen LogP contribution in [-0.2, 0) is 12.8 Å². The smallest absolute Gasteiger partial charge is 0.265 e. The third-order valence-corrected chi connectivity index (χ3v) is 6.08. The molecule has 3 aliphatic rings. The van der Waals surface area contributed by atoms with Gasteiger partial charge in [0, 0.05) is 18.8 Å². The maximum atomic E-state index is 9.27. The van der Waals surface area contributed by atoms with Crippen molar-refractivity contribution in [2.75, 3.05) is 18.0 Å². The molecule has 2 heterocycles. The van der Waals surface area contributed by atoms with E-state index in [-0.39, 0.29) is 11.1 Å². The third kappa shape index (κ3) is 3.63. The fourth-order valence-electron chi connectivity index (χ4n) is 5.01. The van der Waals surface area contributed by atoms with Crippen molar-refractivity contribution in [3.63, 3.8) is 0 Å². The van der Waals surface area contributed by atoms with Crippen LogP contribution in [0, 0.1) is 23.3 Å². The van der Waals surface area contributed by atoms with Gasteiger partial charge in [-0.05, 0) is 83.9 Å². The number of anilines is 1. The Bertz CT molecular complexity index is 929. The number of hydrogen-bond donors (Lipinski definition) is 0. The molecule has 0 amide bonds. The molecule has 2 aliphatic heterocycles. The quantitative estimate of drug-likeness (QED) is 0.484. The van der Waals surface area contributed by atoms with E-state index < -0.39 is 0 Å². The van der Waals surface area contributed by atoms with Gasteiger partial charge >= 0.3 is 0 Å². The van der Waals surface area contributed by atoms with Crippen LogP contribution in [0.5, 0.6) is 0 Å². The lowest BCUT2D eigenvalue weighted by Gasteiger charge is -2.37. The molecule has 3 heteroatoms. The Morgan fingerprint density at radius 2 is 1.82 bits per heavy atom. The summed E-state index contributed by atoms with van der Waals surface area (Å²) in [7, 11) is 0.